The van der Waals surface area contributed by atoms with Crippen LogP contribution in [0.3, 0.4) is 0 Å². The van der Waals surface area contributed by atoms with Crippen LogP contribution in [-0.4, -0.2) is 23.6 Å². The van der Waals surface area contributed by atoms with Gasteiger partial charge in [0, 0.05) is 11.0 Å². The monoisotopic (exact) mass is 446 g/mol. The summed E-state index contributed by atoms with van der Waals surface area (Å²) in [4.78, 5) is 25.9. The molecular formula is C22H23FN2O3S2. The van der Waals surface area contributed by atoms with Crippen molar-refractivity contribution in [2.75, 3.05) is 11.9 Å². The molecule has 0 spiro atoms. The Balaban J connectivity index is 1.70. The summed E-state index contributed by atoms with van der Waals surface area (Å²) in [6.45, 7) is 4.25. The van der Waals surface area contributed by atoms with E-state index in [1.807, 2.05) is 0 Å². The molecule has 158 valence electrons. The summed E-state index contributed by atoms with van der Waals surface area (Å²) < 4.78 is 18.2. The normalized spacial score (nSPS) is 15.5. The van der Waals surface area contributed by atoms with Gasteiger partial charge in [0.2, 0.25) is 5.91 Å². The number of halogens is 1. The van der Waals surface area contributed by atoms with E-state index in [0.29, 0.717) is 22.0 Å². The Morgan fingerprint density at radius 2 is 2.07 bits per heavy atom. The van der Waals surface area contributed by atoms with Crippen LogP contribution >= 0.6 is 23.6 Å². The third kappa shape index (κ3) is 5.52. The summed E-state index contributed by atoms with van der Waals surface area (Å²) in [6.07, 6.45) is 5.63. The van der Waals surface area contributed by atoms with Crippen LogP contribution < -0.4 is 10.6 Å². The van der Waals surface area contributed by atoms with Crippen LogP contribution in [0.5, 0.6) is 0 Å². The second-order valence-corrected chi connectivity index (χ2v) is 8.62. The Labute approximate surface area is 184 Å². The number of anilines is 1. The summed E-state index contributed by atoms with van der Waals surface area (Å²) >= 11 is 6.75. The minimum atomic E-state index is -0.426. The number of nitrogens with one attached hydrogen (secondary N) is 2. The SMILES string of the molecule is CCOC(=O)c1c(NC(=S)NC(=O)/C=C/c2ccc(F)cc2)sc2c1CCC(C)C2. The second kappa shape index (κ2) is 9.95. The minimum absolute atomic E-state index is 0.0981. The van der Waals surface area contributed by atoms with Gasteiger partial charge < -0.3 is 10.1 Å². The van der Waals surface area contributed by atoms with E-state index in [1.54, 1.807) is 25.1 Å². The molecule has 1 aromatic heterocycles. The highest BCUT2D eigenvalue weighted by molar-refractivity contribution is 7.80. The van der Waals surface area contributed by atoms with Gasteiger partial charge in [0.05, 0.1) is 12.2 Å². The molecule has 1 aliphatic carbocycles. The van der Waals surface area contributed by atoms with Crippen molar-refractivity contribution in [2.45, 2.75) is 33.1 Å². The molecule has 0 fully saturated rings. The lowest BCUT2D eigenvalue weighted by Crippen LogP contribution is -2.33. The van der Waals surface area contributed by atoms with Crippen LogP contribution in [-0.2, 0) is 22.4 Å². The molecule has 2 N–H and O–H groups in total. The van der Waals surface area contributed by atoms with E-state index in [2.05, 4.69) is 17.6 Å². The number of hydrogen-bond donors (Lipinski definition) is 2. The molecule has 0 aliphatic heterocycles. The number of esters is 1. The molecule has 0 bridgehead atoms. The number of ether oxygens (including phenoxy) is 1. The Bertz CT molecular complexity index is 983. The zero-order chi connectivity index (χ0) is 21.7. The molecule has 1 heterocycles. The zero-order valence-corrected chi connectivity index (χ0v) is 18.4. The molecule has 1 atom stereocenters. The number of amides is 1. The summed E-state index contributed by atoms with van der Waals surface area (Å²) in [5, 5.41) is 6.26. The standard InChI is InChI=1S/C22H23FN2O3S2/c1-3-28-21(27)19-16-10-4-13(2)12-17(16)30-20(19)25-22(29)24-18(26)11-7-14-5-8-15(23)9-6-14/h5-9,11,13H,3-4,10,12H2,1-2H3,(H2,24,25,26,29)/b11-7+. The molecule has 1 unspecified atom stereocenters. The van der Waals surface area contributed by atoms with Crippen molar-refractivity contribution in [1.29, 1.82) is 0 Å². The lowest BCUT2D eigenvalue weighted by molar-refractivity contribution is -0.115. The van der Waals surface area contributed by atoms with Gasteiger partial charge in [-0.3, -0.25) is 10.1 Å². The Morgan fingerprint density at radius 1 is 1.33 bits per heavy atom. The molecule has 0 saturated heterocycles. The van der Waals surface area contributed by atoms with Crippen molar-refractivity contribution in [3.63, 3.8) is 0 Å². The molecule has 3 rings (SSSR count). The number of thiophene rings is 1. The second-order valence-electron chi connectivity index (χ2n) is 7.10. The predicted octanol–water partition coefficient (Wildman–Crippen LogP) is 4.72. The number of carbonyl (C=O) groups is 2. The van der Waals surface area contributed by atoms with Crippen molar-refractivity contribution in [2.24, 2.45) is 5.92 Å². The topological polar surface area (TPSA) is 67.4 Å². The molecule has 0 radical (unpaired) electrons. The number of carbonyl (C=O) groups excluding carboxylic acids is 2. The first-order chi connectivity index (χ1) is 14.4. The van der Waals surface area contributed by atoms with Crippen LogP contribution in [0.1, 0.15) is 46.6 Å². The number of rotatable bonds is 5. The smallest absolute Gasteiger partial charge is 0.341 e. The summed E-state index contributed by atoms with van der Waals surface area (Å²) in [6, 6.07) is 5.77. The fraction of sp³-hybridized carbons (Fsp3) is 0.318. The highest BCUT2D eigenvalue weighted by Crippen LogP contribution is 2.40. The molecule has 1 aromatic carbocycles. The predicted molar refractivity (Wildman–Crippen MR) is 121 cm³/mol. The summed E-state index contributed by atoms with van der Waals surface area (Å²) in [7, 11) is 0. The van der Waals surface area contributed by atoms with E-state index in [4.69, 9.17) is 17.0 Å². The highest BCUT2D eigenvalue weighted by Gasteiger charge is 2.28. The maximum absolute atomic E-state index is 12.9. The van der Waals surface area contributed by atoms with E-state index in [-0.39, 0.29) is 23.5 Å². The molecular weight excluding hydrogens is 423 g/mol. The van der Waals surface area contributed by atoms with E-state index in [1.165, 1.54) is 29.5 Å². The van der Waals surface area contributed by atoms with Gasteiger partial charge in [0.15, 0.2) is 5.11 Å². The van der Waals surface area contributed by atoms with Crippen molar-refractivity contribution in [1.82, 2.24) is 5.32 Å². The van der Waals surface area contributed by atoms with Crippen LogP contribution in [0, 0.1) is 11.7 Å². The van der Waals surface area contributed by atoms with Crippen LogP contribution in [0.2, 0.25) is 0 Å². The van der Waals surface area contributed by atoms with Crippen molar-refractivity contribution >= 4 is 51.6 Å². The first-order valence-corrected chi connectivity index (χ1v) is 11.0. The average molecular weight is 447 g/mol. The number of hydrogen-bond acceptors (Lipinski definition) is 5. The molecule has 1 amide bonds. The van der Waals surface area contributed by atoms with Crippen molar-refractivity contribution in [3.05, 3.63) is 57.7 Å². The van der Waals surface area contributed by atoms with E-state index < -0.39 is 5.91 Å². The number of thiocarbonyl (C=S) groups is 1. The number of benzene rings is 1. The Morgan fingerprint density at radius 3 is 2.77 bits per heavy atom. The third-order valence-corrected chi connectivity index (χ3v) is 6.13. The van der Waals surface area contributed by atoms with Gasteiger partial charge >= 0.3 is 5.97 Å². The highest BCUT2D eigenvalue weighted by atomic mass is 32.1. The van der Waals surface area contributed by atoms with E-state index in [0.717, 1.165) is 29.7 Å². The average Bonchev–Trinajstić information content (AvgIpc) is 3.04. The molecule has 0 saturated carbocycles. The maximum Gasteiger partial charge on any atom is 0.341 e. The van der Waals surface area contributed by atoms with Crippen molar-refractivity contribution < 1.29 is 18.7 Å². The van der Waals surface area contributed by atoms with Crippen molar-refractivity contribution in [3.8, 4) is 0 Å². The Kier molecular flexibility index (Phi) is 7.33. The molecule has 5 nitrogen and oxygen atoms in total. The maximum atomic E-state index is 12.9. The Hall–Kier alpha value is -2.58. The van der Waals surface area contributed by atoms with Crippen LogP contribution in [0.25, 0.3) is 6.08 Å². The first kappa shape index (κ1) is 22.1. The van der Waals surface area contributed by atoms with Gasteiger partial charge in [0.1, 0.15) is 10.8 Å². The van der Waals surface area contributed by atoms with Crippen LogP contribution in [0.15, 0.2) is 30.3 Å². The summed E-state index contributed by atoms with van der Waals surface area (Å²) in [5.74, 6) is -0.587. The number of fused-ring (bicyclic) bond motifs is 1. The van der Waals surface area contributed by atoms with E-state index >= 15 is 0 Å². The lowest BCUT2D eigenvalue weighted by Gasteiger charge is -2.18. The fourth-order valence-electron chi connectivity index (χ4n) is 3.29. The van der Waals surface area contributed by atoms with E-state index in [9.17, 15) is 14.0 Å². The summed E-state index contributed by atoms with van der Waals surface area (Å²) in [5.41, 5.74) is 2.22. The third-order valence-electron chi connectivity index (χ3n) is 4.75. The van der Waals surface area contributed by atoms with Gasteiger partial charge in [-0.05, 0) is 73.7 Å². The van der Waals surface area contributed by atoms with Crippen LogP contribution in [0.4, 0.5) is 9.39 Å². The first-order valence-electron chi connectivity index (χ1n) is 9.74. The molecule has 8 heteroatoms. The van der Waals surface area contributed by atoms with Gasteiger partial charge in [-0.15, -0.1) is 11.3 Å². The molecule has 1 aliphatic rings. The largest absolute Gasteiger partial charge is 0.462 e. The van der Waals surface area contributed by atoms with Gasteiger partial charge in [-0.25, -0.2) is 9.18 Å². The fourth-order valence-corrected chi connectivity index (χ4v) is 4.96. The lowest BCUT2D eigenvalue weighted by atomic mass is 9.88. The molecule has 30 heavy (non-hydrogen) atoms. The quantitative estimate of drug-likeness (QED) is 0.395. The zero-order valence-electron chi connectivity index (χ0n) is 16.8. The van der Waals surface area contributed by atoms with Gasteiger partial charge in [-0.1, -0.05) is 19.1 Å². The van der Waals surface area contributed by atoms with Gasteiger partial charge in [-0.2, -0.15) is 0 Å². The van der Waals surface area contributed by atoms with Gasteiger partial charge in [0.25, 0.3) is 0 Å². The minimum Gasteiger partial charge on any atom is -0.462 e. The molecule has 2 aromatic rings.